The van der Waals surface area contributed by atoms with Gasteiger partial charge in [0.05, 0.1) is 31.4 Å². The maximum absolute atomic E-state index is 14.7. The zero-order valence-corrected chi connectivity index (χ0v) is 29.6. The molecule has 2 heterocycles. The fourth-order valence-corrected chi connectivity index (χ4v) is 10.2. The second-order valence-electron chi connectivity index (χ2n) is 13.8. The van der Waals surface area contributed by atoms with E-state index in [-0.39, 0.29) is 43.8 Å². The van der Waals surface area contributed by atoms with Gasteiger partial charge in [-0.3, -0.25) is 14.4 Å². The summed E-state index contributed by atoms with van der Waals surface area (Å²) in [6.45, 7) is 6.18. The van der Waals surface area contributed by atoms with Crippen molar-refractivity contribution >= 4 is 43.1 Å². The second-order valence-corrected chi connectivity index (χ2v) is 17.7. The van der Waals surface area contributed by atoms with Crippen molar-refractivity contribution in [1.29, 1.82) is 0 Å². The maximum Gasteiger partial charge on any atom is 0.264 e. The summed E-state index contributed by atoms with van der Waals surface area (Å²) in [5.41, 5.74) is 8.85. The monoisotopic (exact) mass is 692 g/mol. The molecule has 1 saturated heterocycles. The molecule has 2 aliphatic rings. The number of para-hydroxylation sites is 1. The lowest BCUT2D eigenvalue weighted by molar-refractivity contribution is -0.150. The number of aliphatic hydroxyl groups excluding tert-OH is 1. The standard InChI is InChI=1S/C39H44N4O6Si/c1-26-36(50(2,3)48)34(23-35(45)42(21-22-44)24-27-9-5-4-6-10-27)49-39(26)32-11-7-8-12-33(32)43(38(39)47)25-28-13-19-31(20-14-28)41-37(46)29-15-17-30(40)18-16-29/h4-20,26,34,36,44,48H,21-25,40H2,1-3H3,(H,41,46)/t26-,34+,36-,39+/m0/s1. The summed E-state index contributed by atoms with van der Waals surface area (Å²) in [5, 5.41) is 12.7. The number of fused-ring (bicyclic) bond motifs is 2. The summed E-state index contributed by atoms with van der Waals surface area (Å²) in [7, 11) is -2.99. The average molecular weight is 693 g/mol. The Hall–Kier alpha value is -4.81. The number of nitrogens with two attached hydrogens (primary N) is 1. The van der Waals surface area contributed by atoms with Crippen LogP contribution in [0.5, 0.6) is 0 Å². The van der Waals surface area contributed by atoms with Gasteiger partial charge in [0, 0.05) is 47.1 Å². The number of hydrogen-bond donors (Lipinski definition) is 4. The summed E-state index contributed by atoms with van der Waals surface area (Å²) in [4.78, 5) is 56.2. The molecule has 11 heteroatoms. The van der Waals surface area contributed by atoms with Gasteiger partial charge in [0.15, 0.2) is 13.9 Å². The normalized spacial score (nSPS) is 21.3. The number of aliphatic hydroxyl groups is 1. The highest BCUT2D eigenvalue weighted by molar-refractivity contribution is 6.71. The van der Waals surface area contributed by atoms with Crippen LogP contribution in [0.4, 0.5) is 17.1 Å². The van der Waals surface area contributed by atoms with E-state index < -0.39 is 31.5 Å². The van der Waals surface area contributed by atoms with Crippen molar-refractivity contribution in [1.82, 2.24) is 4.90 Å². The molecule has 5 N–H and O–H groups in total. The summed E-state index contributed by atoms with van der Waals surface area (Å²) >= 11 is 0. The Morgan fingerprint density at radius 3 is 2.26 bits per heavy atom. The number of nitrogens with zero attached hydrogens (tertiary/aromatic N) is 2. The molecule has 4 atom stereocenters. The van der Waals surface area contributed by atoms with Gasteiger partial charge >= 0.3 is 0 Å². The van der Waals surface area contributed by atoms with E-state index in [4.69, 9.17) is 10.5 Å². The predicted molar refractivity (Wildman–Crippen MR) is 196 cm³/mol. The average Bonchev–Trinajstić information content (AvgIpc) is 3.52. The van der Waals surface area contributed by atoms with Crippen LogP contribution in [-0.4, -0.2) is 60.1 Å². The number of anilines is 3. The molecular formula is C39H44N4O6Si. The van der Waals surface area contributed by atoms with E-state index in [1.807, 2.05) is 86.7 Å². The highest BCUT2D eigenvalue weighted by Gasteiger charge is 2.66. The summed E-state index contributed by atoms with van der Waals surface area (Å²) < 4.78 is 6.85. The van der Waals surface area contributed by atoms with Crippen molar-refractivity contribution in [2.45, 2.75) is 56.8 Å². The Balaban J connectivity index is 1.24. The van der Waals surface area contributed by atoms with Gasteiger partial charge < -0.3 is 35.5 Å². The number of carbonyl (C=O) groups is 3. The molecule has 2 aliphatic heterocycles. The molecule has 6 rings (SSSR count). The second kappa shape index (κ2) is 14.2. The van der Waals surface area contributed by atoms with Crippen molar-refractivity contribution in [3.8, 4) is 0 Å². The first-order chi connectivity index (χ1) is 23.9. The lowest BCUT2D eigenvalue weighted by Gasteiger charge is -2.32. The van der Waals surface area contributed by atoms with E-state index in [9.17, 15) is 24.3 Å². The van der Waals surface area contributed by atoms with Crippen molar-refractivity contribution in [3.63, 3.8) is 0 Å². The Morgan fingerprint density at radius 2 is 1.60 bits per heavy atom. The van der Waals surface area contributed by atoms with Gasteiger partial charge in [-0.1, -0.05) is 67.6 Å². The molecule has 0 unspecified atom stereocenters. The third-order valence-corrected chi connectivity index (χ3v) is 12.4. The van der Waals surface area contributed by atoms with E-state index >= 15 is 0 Å². The summed E-state index contributed by atoms with van der Waals surface area (Å²) in [6, 6.07) is 31.2. The molecule has 10 nitrogen and oxygen atoms in total. The van der Waals surface area contributed by atoms with Crippen LogP contribution in [0.15, 0.2) is 103 Å². The Bertz CT molecular complexity index is 1850. The van der Waals surface area contributed by atoms with E-state index in [0.29, 0.717) is 23.5 Å². The molecule has 1 spiro atoms. The van der Waals surface area contributed by atoms with Crippen molar-refractivity contribution < 1.29 is 29.0 Å². The third-order valence-electron chi connectivity index (χ3n) is 9.93. The first kappa shape index (κ1) is 35.0. The van der Waals surface area contributed by atoms with Crippen LogP contribution in [0.1, 0.15) is 40.4 Å². The van der Waals surface area contributed by atoms with Crippen molar-refractivity contribution in [2.75, 3.05) is 29.1 Å². The minimum absolute atomic E-state index is 0.0282. The smallest absolute Gasteiger partial charge is 0.264 e. The van der Waals surface area contributed by atoms with Gasteiger partial charge in [0.1, 0.15) is 0 Å². The van der Waals surface area contributed by atoms with Gasteiger partial charge in [-0.05, 0) is 66.7 Å². The van der Waals surface area contributed by atoms with Crippen LogP contribution in [0, 0.1) is 5.92 Å². The highest BCUT2D eigenvalue weighted by atomic mass is 28.4. The molecule has 0 radical (unpaired) electrons. The number of benzene rings is 4. The number of nitrogen functional groups attached to an aromatic ring is 1. The van der Waals surface area contributed by atoms with E-state index in [1.54, 1.807) is 46.2 Å². The largest absolute Gasteiger partial charge is 0.432 e. The third kappa shape index (κ3) is 6.82. The number of ether oxygens (including phenoxy) is 1. The maximum atomic E-state index is 14.7. The van der Waals surface area contributed by atoms with Gasteiger partial charge in [-0.2, -0.15) is 0 Å². The molecule has 4 aromatic carbocycles. The minimum Gasteiger partial charge on any atom is -0.432 e. The molecule has 0 bridgehead atoms. The number of amides is 3. The molecule has 3 amide bonds. The van der Waals surface area contributed by atoms with Gasteiger partial charge in [-0.25, -0.2) is 0 Å². The number of hydrogen-bond acceptors (Lipinski definition) is 7. The fraction of sp³-hybridized carbons (Fsp3) is 0.308. The Labute approximate surface area is 293 Å². The zero-order valence-electron chi connectivity index (χ0n) is 28.6. The SMILES string of the molecule is C[C@H]1[C@H]([Si](C)(C)O)[C@@H](CC(=O)N(CCO)Cc2ccccc2)O[C@]12C(=O)N(Cc1ccc(NC(=O)c3ccc(N)cc3)cc1)c1ccccc12. The number of rotatable bonds is 11. The fourth-order valence-electron chi connectivity index (χ4n) is 7.62. The van der Waals surface area contributed by atoms with Crippen LogP contribution < -0.4 is 16.0 Å². The van der Waals surface area contributed by atoms with E-state index in [2.05, 4.69) is 5.32 Å². The van der Waals surface area contributed by atoms with Gasteiger partial charge in [-0.15, -0.1) is 0 Å². The van der Waals surface area contributed by atoms with Crippen LogP contribution in [0.25, 0.3) is 0 Å². The first-order valence-electron chi connectivity index (χ1n) is 16.9. The molecule has 0 aliphatic carbocycles. The van der Waals surface area contributed by atoms with Crippen LogP contribution in [0.3, 0.4) is 0 Å². The Morgan fingerprint density at radius 1 is 0.940 bits per heavy atom. The van der Waals surface area contributed by atoms with Crippen molar-refractivity contribution in [2.24, 2.45) is 5.92 Å². The van der Waals surface area contributed by atoms with Crippen LogP contribution in [0.2, 0.25) is 18.6 Å². The topological polar surface area (TPSA) is 145 Å². The Kier molecular flexibility index (Phi) is 9.95. The predicted octanol–water partition coefficient (Wildman–Crippen LogP) is 5.28. The molecule has 0 aromatic heterocycles. The minimum atomic E-state index is -2.99. The lowest BCUT2D eigenvalue weighted by atomic mass is 9.82. The van der Waals surface area contributed by atoms with Crippen LogP contribution in [-0.2, 0) is 33.0 Å². The molecule has 260 valence electrons. The summed E-state index contributed by atoms with van der Waals surface area (Å²) in [5.74, 6) is -1.12. The molecule has 50 heavy (non-hydrogen) atoms. The zero-order chi connectivity index (χ0) is 35.6. The highest BCUT2D eigenvalue weighted by Crippen LogP contribution is 2.59. The number of nitrogens with one attached hydrogen (secondary N) is 1. The molecule has 1 fully saturated rings. The lowest BCUT2D eigenvalue weighted by Crippen LogP contribution is -2.46. The number of carbonyl (C=O) groups excluding carboxylic acids is 3. The quantitative estimate of drug-likeness (QED) is 0.124. The van der Waals surface area contributed by atoms with Gasteiger partial charge in [0.25, 0.3) is 11.8 Å². The van der Waals surface area contributed by atoms with E-state index in [0.717, 1.165) is 22.4 Å². The van der Waals surface area contributed by atoms with Crippen LogP contribution >= 0.6 is 0 Å². The molecular weight excluding hydrogens is 649 g/mol. The van der Waals surface area contributed by atoms with Gasteiger partial charge in [0.2, 0.25) is 5.91 Å². The molecule has 4 aromatic rings. The molecule has 0 saturated carbocycles. The van der Waals surface area contributed by atoms with E-state index in [1.165, 1.54) is 0 Å². The summed E-state index contributed by atoms with van der Waals surface area (Å²) in [6.07, 6.45) is -0.735. The first-order valence-corrected chi connectivity index (χ1v) is 19.9. The van der Waals surface area contributed by atoms with Crippen molar-refractivity contribution in [3.05, 3.63) is 125 Å².